The van der Waals surface area contributed by atoms with Crippen LogP contribution in [0.1, 0.15) is 5.69 Å². The van der Waals surface area contributed by atoms with E-state index in [9.17, 15) is 0 Å². The van der Waals surface area contributed by atoms with Crippen molar-refractivity contribution in [2.45, 2.75) is 0 Å². The summed E-state index contributed by atoms with van der Waals surface area (Å²) in [5.74, 6) is 0. The van der Waals surface area contributed by atoms with Gasteiger partial charge in [0.2, 0.25) is 0 Å². The zero-order valence-corrected chi connectivity index (χ0v) is 7.54. The van der Waals surface area contributed by atoms with Crippen LogP contribution in [0.2, 0.25) is 0 Å². The van der Waals surface area contributed by atoms with Gasteiger partial charge in [-0.2, -0.15) is 0 Å². The largest absolute Gasteiger partial charge is 0.257 e. The Bertz CT molecular complexity index is 172. The minimum atomic E-state index is 0. The van der Waals surface area contributed by atoms with Gasteiger partial charge < -0.3 is 0 Å². The maximum absolute atomic E-state index is 3.98. The first-order valence-electron chi connectivity index (χ1n) is 2.47. The maximum Gasteiger partial charge on any atom is 0.0623 e. The molecule has 1 aromatic rings. The monoisotopic (exact) mass is 128 g/mol. The zero-order chi connectivity index (χ0) is 5.82. The van der Waals surface area contributed by atoms with E-state index in [0.29, 0.717) is 0 Å². The second-order valence-corrected chi connectivity index (χ2v) is 1.46. The molecule has 0 aliphatic rings. The second kappa shape index (κ2) is 4.74. The van der Waals surface area contributed by atoms with Gasteiger partial charge in [0.15, 0.2) is 0 Å². The fourth-order valence-corrected chi connectivity index (χ4v) is 0.497. The quantitative estimate of drug-likeness (QED) is 0.520. The molecule has 0 saturated carbocycles. The van der Waals surface area contributed by atoms with Crippen LogP contribution in [-0.2, 0) is 0 Å². The Morgan fingerprint density at radius 1 is 1.44 bits per heavy atom. The first-order chi connectivity index (χ1) is 3.93. The Kier molecular flexibility index (Phi) is 4.68. The summed E-state index contributed by atoms with van der Waals surface area (Å²) in [5, 5.41) is 0. The van der Waals surface area contributed by atoms with Crippen LogP contribution in [0.3, 0.4) is 0 Å². The van der Waals surface area contributed by atoms with Crippen molar-refractivity contribution in [1.82, 2.24) is 4.98 Å². The molecule has 1 aromatic heterocycles. The Morgan fingerprint density at radius 3 is 2.56 bits per heavy atom. The average Bonchev–Trinajstić information content (AvgIpc) is 1.90. The van der Waals surface area contributed by atoms with Crippen LogP contribution in [0.4, 0.5) is 0 Å². The van der Waals surface area contributed by atoms with Crippen LogP contribution in [-0.4, -0.2) is 34.5 Å². The smallest absolute Gasteiger partial charge is 0.0623 e. The van der Waals surface area contributed by atoms with Crippen molar-refractivity contribution in [3.63, 3.8) is 0 Å². The van der Waals surface area contributed by atoms with E-state index in [4.69, 9.17) is 0 Å². The van der Waals surface area contributed by atoms with Gasteiger partial charge in [-0.1, -0.05) is 12.6 Å². The van der Waals surface area contributed by atoms with Crippen molar-refractivity contribution in [2.24, 2.45) is 0 Å². The molecule has 0 N–H and O–H groups in total. The fraction of sp³-hybridized carbons (Fsp3) is 0. The van der Waals surface area contributed by atoms with Crippen LogP contribution in [0.25, 0.3) is 6.08 Å². The number of hydrogen-bond donors (Lipinski definition) is 0. The van der Waals surface area contributed by atoms with Crippen molar-refractivity contribution >= 4 is 35.6 Å². The fourth-order valence-electron chi connectivity index (χ4n) is 0.497. The van der Waals surface area contributed by atoms with E-state index < -0.39 is 0 Å². The van der Waals surface area contributed by atoms with E-state index in [-0.39, 0.29) is 29.6 Å². The molecule has 1 heterocycles. The third kappa shape index (κ3) is 2.80. The summed E-state index contributed by atoms with van der Waals surface area (Å²) in [4.78, 5) is 3.98. The van der Waals surface area contributed by atoms with Crippen LogP contribution in [0.15, 0.2) is 31.0 Å². The van der Waals surface area contributed by atoms with Gasteiger partial charge in [0.1, 0.15) is 0 Å². The molecule has 0 atom stereocenters. The summed E-state index contributed by atoms with van der Waals surface area (Å²) < 4.78 is 0. The SMILES string of the molecule is C=Cc1ccccn1.[Na]. The van der Waals surface area contributed by atoms with E-state index in [2.05, 4.69) is 11.6 Å². The molecule has 0 spiro atoms. The normalized spacial score (nSPS) is 7.56. The Balaban J connectivity index is 0.000000640. The number of rotatable bonds is 1. The average molecular weight is 128 g/mol. The minimum Gasteiger partial charge on any atom is -0.257 e. The third-order valence-corrected chi connectivity index (χ3v) is 0.897. The van der Waals surface area contributed by atoms with E-state index in [1.807, 2.05) is 18.2 Å². The molecule has 0 unspecified atom stereocenters. The Labute approximate surface area is 77.1 Å². The van der Waals surface area contributed by atoms with E-state index in [0.717, 1.165) is 5.69 Å². The summed E-state index contributed by atoms with van der Waals surface area (Å²) in [5.41, 5.74) is 0.924. The number of aromatic nitrogens is 1. The third-order valence-electron chi connectivity index (χ3n) is 0.897. The standard InChI is InChI=1S/C7H7N.Na/c1-2-7-5-3-4-6-8-7;/h2-6H,1H2;. The predicted octanol–water partition coefficient (Wildman–Crippen LogP) is 1.34. The van der Waals surface area contributed by atoms with Crippen molar-refractivity contribution < 1.29 is 0 Å². The van der Waals surface area contributed by atoms with Gasteiger partial charge in [0.25, 0.3) is 0 Å². The van der Waals surface area contributed by atoms with Crippen molar-refractivity contribution in [2.75, 3.05) is 0 Å². The van der Waals surface area contributed by atoms with Gasteiger partial charge in [-0.15, -0.1) is 0 Å². The van der Waals surface area contributed by atoms with Gasteiger partial charge in [0, 0.05) is 35.8 Å². The Hall–Kier alpha value is -0.110. The molecule has 0 saturated heterocycles. The van der Waals surface area contributed by atoms with Crippen LogP contribution < -0.4 is 0 Å². The van der Waals surface area contributed by atoms with Crippen LogP contribution in [0.5, 0.6) is 0 Å². The first kappa shape index (κ1) is 8.89. The molecule has 2 heteroatoms. The molecular formula is C7H7NNa. The number of hydrogen-bond acceptors (Lipinski definition) is 1. The molecule has 9 heavy (non-hydrogen) atoms. The molecule has 1 rings (SSSR count). The van der Waals surface area contributed by atoms with Gasteiger partial charge >= 0.3 is 0 Å². The number of nitrogens with zero attached hydrogens (tertiary/aromatic N) is 1. The molecular weight excluding hydrogens is 121 g/mol. The summed E-state index contributed by atoms with van der Waals surface area (Å²) in [6, 6.07) is 5.73. The molecule has 41 valence electrons. The second-order valence-electron chi connectivity index (χ2n) is 1.46. The van der Waals surface area contributed by atoms with Gasteiger partial charge in [0.05, 0.1) is 5.69 Å². The molecule has 0 aliphatic heterocycles. The first-order valence-corrected chi connectivity index (χ1v) is 2.47. The molecule has 1 radical (unpaired) electrons. The Morgan fingerprint density at radius 2 is 2.22 bits per heavy atom. The van der Waals surface area contributed by atoms with E-state index in [1.54, 1.807) is 12.3 Å². The summed E-state index contributed by atoms with van der Waals surface area (Å²) in [6.07, 6.45) is 3.47. The van der Waals surface area contributed by atoms with E-state index >= 15 is 0 Å². The summed E-state index contributed by atoms with van der Waals surface area (Å²) >= 11 is 0. The minimum absolute atomic E-state index is 0. The van der Waals surface area contributed by atoms with Crippen LogP contribution in [0, 0.1) is 0 Å². The molecule has 0 bridgehead atoms. The molecule has 0 fully saturated rings. The molecule has 0 aliphatic carbocycles. The topological polar surface area (TPSA) is 12.9 Å². The van der Waals surface area contributed by atoms with Gasteiger partial charge in [-0.25, -0.2) is 0 Å². The van der Waals surface area contributed by atoms with E-state index in [1.165, 1.54) is 0 Å². The van der Waals surface area contributed by atoms with Crippen LogP contribution >= 0.6 is 0 Å². The molecule has 0 aromatic carbocycles. The molecule has 0 amide bonds. The summed E-state index contributed by atoms with van der Waals surface area (Å²) in [6.45, 7) is 3.57. The maximum atomic E-state index is 3.98. The van der Waals surface area contributed by atoms with Crippen molar-refractivity contribution in [3.05, 3.63) is 36.7 Å². The van der Waals surface area contributed by atoms with Gasteiger partial charge in [-0.3, -0.25) is 4.98 Å². The van der Waals surface area contributed by atoms with Gasteiger partial charge in [-0.05, 0) is 18.2 Å². The zero-order valence-electron chi connectivity index (χ0n) is 5.54. The molecule has 1 nitrogen and oxygen atoms in total. The number of pyridine rings is 1. The van der Waals surface area contributed by atoms with Crippen molar-refractivity contribution in [1.29, 1.82) is 0 Å². The summed E-state index contributed by atoms with van der Waals surface area (Å²) in [7, 11) is 0. The predicted molar refractivity (Wildman–Crippen MR) is 40.1 cm³/mol. The van der Waals surface area contributed by atoms with Crippen molar-refractivity contribution in [3.8, 4) is 0 Å².